The number of rotatable bonds is 3. The molecule has 1 aliphatic rings. The summed E-state index contributed by atoms with van der Waals surface area (Å²) in [5.41, 5.74) is 3.83. The van der Waals surface area contributed by atoms with E-state index in [4.69, 9.17) is 27.9 Å². The number of alkyl halides is 1. The fourth-order valence-electron chi connectivity index (χ4n) is 2.45. The summed E-state index contributed by atoms with van der Waals surface area (Å²) in [6.45, 7) is 0. The number of ether oxygens (including phenoxy) is 1. The van der Waals surface area contributed by atoms with Gasteiger partial charge in [0.05, 0.1) is 5.02 Å². The van der Waals surface area contributed by atoms with Crippen LogP contribution in [0.25, 0.3) is 0 Å². The SMILES string of the molecule is ClCc1ccc(Oc2ccc3c(c2)CCC3)c(Cl)c1. The molecule has 1 aliphatic carbocycles. The minimum atomic E-state index is 0.457. The molecule has 0 spiro atoms. The molecule has 1 nitrogen and oxygen atoms in total. The molecular formula is C16H14Cl2O. The van der Waals surface area contributed by atoms with Crippen LogP contribution in [0.2, 0.25) is 5.02 Å². The molecule has 3 heteroatoms. The summed E-state index contributed by atoms with van der Waals surface area (Å²) >= 11 is 12.0. The van der Waals surface area contributed by atoms with Gasteiger partial charge in [0, 0.05) is 5.88 Å². The molecule has 0 fully saturated rings. The third-order valence-corrected chi connectivity index (χ3v) is 4.05. The van der Waals surface area contributed by atoms with Crippen LogP contribution in [0.1, 0.15) is 23.1 Å². The van der Waals surface area contributed by atoms with Gasteiger partial charge in [-0.1, -0.05) is 23.7 Å². The maximum atomic E-state index is 6.19. The smallest absolute Gasteiger partial charge is 0.146 e. The Bertz CT molecular complexity index is 608. The Labute approximate surface area is 123 Å². The van der Waals surface area contributed by atoms with E-state index in [1.807, 2.05) is 24.3 Å². The Hall–Kier alpha value is -1.18. The van der Waals surface area contributed by atoms with Crippen LogP contribution in [0.4, 0.5) is 0 Å². The quantitative estimate of drug-likeness (QED) is 0.692. The second kappa shape index (κ2) is 5.44. The minimum absolute atomic E-state index is 0.457. The molecule has 2 aromatic carbocycles. The standard InChI is InChI=1S/C16H14Cl2O/c17-10-11-4-7-16(15(18)8-11)19-14-6-5-12-2-1-3-13(12)9-14/h4-9H,1-3,10H2. The van der Waals surface area contributed by atoms with Crippen LogP contribution < -0.4 is 4.74 Å². The van der Waals surface area contributed by atoms with Crippen LogP contribution in [-0.2, 0) is 18.7 Å². The minimum Gasteiger partial charge on any atom is -0.456 e. The van der Waals surface area contributed by atoms with E-state index in [1.165, 1.54) is 24.0 Å². The van der Waals surface area contributed by atoms with Crippen molar-refractivity contribution < 1.29 is 4.74 Å². The van der Waals surface area contributed by atoms with Crippen molar-refractivity contribution in [3.63, 3.8) is 0 Å². The van der Waals surface area contributed by atoms with E-state index in [1.54, 1.807) is 0 Å². The molecule has 19 heavy (non-hydrogen) atoms. The molecule has 0 radical (unpaired) electrons. The topological polar surface area (TPSA) is 9.23 Å². The third-order valence-electron chi connectivity index (χ3n) is 3.45. The molecule has 0 aliphatic heterocycles. The monoisotopic (exact) mass is 292 g/mol. The highest BCUT2D eigenvalue weighted by molar-refractivity contribution is 6.32. The zero-order chi connectivity index (χ0) is 13.2. The zero-order valence-electron chi connectivity index (χ0n) is 10.5. The van der Waals surface area contributed by atoms with Crippen LogP contribution in [-0.4, -0.2) is 0 Å². The fourth-order valence-corrected chi connectivity index (χ4v) is 2.86. The van der Waals surface area contributed by atoms with E-state index in [0.717, 1.165) is 17.7 Å². The van der Waals surface area contributed by atoms with Crippen LogP contribution in [0, 0.1) is 0 Å². The molecule has 0 heterocycles. The van der Waals surface area contributed by atoms with E-state index >= 15 is 0 Å². The first-order valence-corrected chi connectivity index (χ1v) is 7.31. The maximum Gasteiger partial charge on any atom is 0.146 e. The highest BCUT2D eigenvalue weighted by Crippen LogP contribution is 2.33. The average Bonchev–Trinajstić information content (AvgIpc) is 2.88. The van der Waals surface area contributed by atoms with Gasteiger partial charge in [-0.15, -0.1) is 11.6 Å². The first-order chi connectivity index (χ1) is 9.26. The normalized spacial score (nSPS) is 13.4. The maximum absolute atomic E-state index is 6.19. The predicted octanol–water partition coefficient (Wildman–Crippen LogP) is 5.36. The van der Waals surface area contributed by atoms with Gasteiger partial charge < -0.3 is 4.74 Å². The lowest BCUT2D eigenvalue weighted by atomic mass is 10.1. The zero-order valence-corrected chi connectivity index (χ0v) is 12.0. The van der Waals surface area contributed by atoms with Gasteiger partial charge in [0.1, 0.15) is 11.5 Å². The molecule has 0 saturated carbocycles. The molecule has 0 unspecified atom stereocenters. The lowest BCUT2D eigenvalue weighted by Gasteiger charge is -2.10. The summed E-state index contributed by atoms with van der Waals surface area (Å²) in [4.78, 5) is 0. The van der Waals surface area contributed by atoms with Crippen molar-refractivity contribution in [2.24, 2.45) is 0 Å². The highest BCUT2D eigenvalue weighted by atomic mass is 35.5. The van der Waals surface area contributed by atoms with Gasteiger partial charge in [0.2, 0.25) is 0 Å². The molecule has 0 aromatic heterocycles. The fraction of sp³-hybridized carbons (Fsp3) is 0.250. The van der Waals surface area contributed by atoms with Crippen molar-refractivity contribution in [3.05, 3.63) is 58.1 Å². The van der Waals surface area contributed by atoms with Gasteiger partial charge in [0.15, 0.2) is 0 Å². The van der Waals surface area contributed by atoms with Crippen LogP contribution in [0.3, 0.4) is 0 Å². The van der Waals surface area contributed by atoms with Crippen molar-refractivity contribution in [3.8, 4) is 11.5 Å². The third kappa shape index (κ3) is 2.72. The van der Waals surface area contributed by atoms with Gasteiger partial charge in [0.25, 0.3) is 0 Å². The second-order valence-corrected chi connectivity index (χ2v) is 5.46. The van der Waals surface area contributed by atoms with Crippen molar-refractivity contribution in [2.75, 3.05) is 0 Å². The Morgan fingerprint density at radius 1 is 1.00 bits per heavy atom. The number of aryl methyl sites for hydroxylation is 2. The van der Waals surface area contributed by atoms with Gasteiger partial charge in [-0.3, -0.25) is 0 Å². The lowest BCUT2D eigenvalue weighted by Crippen LogP contribution is -1.89. The lowest BCUT2D eigenvalue weighted by molar-refractivity contribution is 0.482. The van der Waals surface area contributed by atoms with Gasteiger partial charge in [-0.05, 0) is 60.2 Å². The van der Waals surface area contributed by atoms with Crippen molar-refractivity contribution in [1.29, 1.82) is 0 Å². The first-order valence-electron chi connectivity index (χ1n) is 6.40. The number of benzene rings is 2. The Balaban J connectivity index is 1.85. The summed E-state index contributed by atoms with van der Waals surface area (Å²) in [5.74, 6) is 1.98. The van der Waals surface area contributed by atoms with E-state index in [-0.39, 0.29) is 0 Å². The van der Waals surface area contributed by atoms with E-state index in [0.29, 0.717) is 16.7 Å². The Morgan fingerprint density at radius 3 is 2.63 bits per heavy atom. The van der Waals surface area contributed by atoms with Crippen LogP contribution >= 0.6 is 23.2 Å². The van der Waals surface area contributed by atoms with Crippen molar-refractivity contribution in [1.82, 2.24) is 0 Å². The van der Waals surface area contributed by atoms with E-state index in [9.17, 15) is 0 Å². The summed E-state index contributed by atoms with van der Waals surface area (Å²) in [6, 6.07) is 11.9. The molecular weight excluding hydrogens is 279 g/mol. The number of halogens is 2. The average molecular weight is 293 g/mol. The molecule has 0 bridgehead atoms. The molecule has 0 amide bonds. The molecule has 2 aromatic rings. The Kier molecular flexibility index (Phi) is 3.67. The predicted molar refractivity (Wildman–Crippen MR) is 79.6 cm³/mol. The van der Waals surface area contributed by atoms with Crippen LogP contribution in [0.15, 0.2) is 36.4 Å². The van der Waals surface area contributed by atoms with Crippen molar-refractivity contribution >= 4 is 23.2 Å². The van der Waals surface area contributed by atoms with Gasteiger partial charge >= 0.3 is 0 Å². The van der Waals surface area contributed by atoms with Crippen LogP contribution in [0.5, 0.6) is 11.5 Å². The highest BCUT2D eigenvalue weighted by Gasteiger charge is 2.12. The molecule has 0 atom stereocenters. The largest absolute Gasteiger partial charge is 0.456 e. The van der Waals surface area contributed by atoms with Gasteiger partial charge in [-0.25, -0.2) is 0 Å². The van der Waals surface area contributed by atoms with E-state index < -0.39 is 0 Å². The molecule has 0 saturated heterocycles. The molecule has 0 N–H and O–H groups in total. The second-order valence-electron chi connectivity index (χ2n) is 4.78. The summed E-state index contributed by atoms with van der Waals surface area (Å²) in [6.07, 6.45) is 3.57. The number of hydrogen-bond acceptors (Lipinski definition) is 1. The van der Waals surface area contributed by atoms with Crippen molar-refractivity contribution in [2.45, 2.75) is 25.1 Å². The Morgan fingerprint density at radius 2 is 1.84 bits per heavy atom. The van der Waals surface area contributed by atoms with Gasteiger partial charge in [-0.2, -0.15) is 0 Å². The summed E-state index contributed by atoms with van der Waals surface area (Å²) in [7, 11) is 0. The molecule has 3 rings (SSSR count). The summed E-state index contributed by atoms with van der Waals surface area (Å²) in [5, 5.41) is 0.596. The number of fused-ring (bicyclic) bond motifs is 1. The molecule has 98 valence electrons. The van der Waals surface area contributed by atoms with E-state index in [2.05, 4.69) is 12.1 Å². The first kappa shape index (κ1) is 12.8. The number of hydrogen-bond donors (Lipinski definition) is 0. The summed E-state index contributed by atoms with van der Waals surface area (Å²) < 4.78 is 5.86.